The average Bonchev–Trinajstić information content (AvgIpc) is 3.35. The maximum absolute atomic E-state index is 13.6. The summed E-state index contributed by atoms with van der Waals surface area (Å²) in [5, 5.41) is 8.85. The van der Waals surface area contributed by atoms with E-state index in [4.69, 9.17) is 16.3 Å². The fourth-order valence-corrected chi connectivity index (χ4v) is 7.17. The van der Waals surface area contributed by atoms with E-state index in [1.807, 2.05) is 35.2 Å². The van der Waals surface area contributed by atoms with Crippen molar-refractivity contribution in [3.05, 3.63) is 88.4 Å². The van der Waals surface area contributed by atoms with E-state index < -0.39 is 33.9 Å². The molecule has 216 valence electrons. The van der Waals surface area contributed by atoms with Gasteiger partial charge in [0.2, 0.25) is 5.91 Å². The molecule has 0 saturated carbocycles. The van der Waals surface area contributed by atoms with Crippen LogP contribution >= 0.6 is 11.6 Å². The van der Waals surface area contributed by atoms with Crippen LogP contribution in [0.15, 0.2) is 71.6 Å². The lowest BCUT2D eigenvalue weighted by Crippen LogP contribution is -2.58. The Hall–Kier alpha value is -4.06. The molecule has 6 rings (SSSR count). The minimum Gasteiger partial charge on any atom is -0.436 e. The summed E-state index contributed by atoms with van der Waals surface area (Å²) in [5.41, 5.74) is 0.534. The van der Waals surface area contributed by atoms with Crippen LogP contribution in [0.3, 0.4) is 0 Å². The largest absolute Gasteiger partial charge is 0.436 e. The zero-order valence-corrected chi connectivity index (χ0v) is 23.9. The molecule has 3 N–H and O–H groups in total. The first kappa shape index (κ1) is 28.1. The summed E-state index contributed by atoms with van der Waals surface area (Å²) in [5.74, 6) is -1.06. The average molecular weight is 607 g/mol. The molecule has 3 aliphatic heterocycles. The molecule has 1 saturated heterocycles. The van der Waals surface area contributed by atoms with E-state index in [9.17, 15) is 23.4 Å². The van der Waals surface area contributed by atoms with E-state index >= 15 is 0 Å². The zero-order chi connectivity index (χ0) is 29.5. The number of rotatable bonds is 7. The third-order valence-corrected chi connectivity index (χ3v) is 9.38. The van der Waals surface area contributed by atoms with E-state index in [1.165, 1.54) is 18.2 Å². The molecule has 3 heterocycles. The minimum atomic E-state index is -1.59. The molecule has 3 unspecified atom stereocenters. The molecule has 3 aliphatic rings. The zero-order valence-electron chi connectivity index (χ0n) is 22.4. The molecule has 3 atom stereocenters. The molecule has 3 aromatic rings. The third kappa shape index (κ3) is 5.42. The molecule has 42 heavy (non-hydrogen) atoms. The molecular formula is C30H27ClN4O6S. The van der Waals surface area contributed by atoms with Gasteiger partial charge in [0.1, 0.15) is 17.6 Å². The van der Waals surface area contributed by atoms with Crippen LogP contribution in [0.2, 0.25) is 5.02 Å². The van der Waals surface area contributed by atoms with Crippen molar-refractivity contribution in [2.75, 3.05) is 36.0 Å². The number of nitrogens with zero attached hydrogens (tertiary/aromatic N) is 1. The predicted molar refractivity (Wildman–Crippen MR) is 157 cm³/mol. The van der Waals surface area contributed by atoms with Crippen molar-refractivity contribution in [1.29, 1.82) is 0 Å². The summed E-state index contributed by atoms with van der Waals surface area (Å²) in [6.07, 6.45) is 0.874. The number of halogens is 1. The van der Waals surface area contributed by atoms with Gasteiger partial charge in [-0.3, -0.25) is 24.0 Å². The topological polar surface area (TPSA) is 134 Å². The van der Waals surface area contributed by atoms with Gasteiger partial charge in [-0.25, -0.2) is 4.79 Å². The number of fused-ring (bicyclic) bond motifs is 3. The summed E-state index contributed by atoms with van der Waals surface area (Å²) >= 11 is 6.29. The Morgan fingerprint density at radius 3 is 2.67 bits per heavy atom. The quantitative estimate of drug-likeness (QED) is 0.351. The van der Waals surface area contributed by atoms with E-state index in [0.717, 1.165) is 17.4 Å². The van der Waals surface area contributed by atoms with Gasteiger partial charge in [0.25, 0.3) is 5.91 Å². The SMILES string of the molecule is O=CC(Cc1ccccc1)(CN1CCC2(C1)OC(=O)Nc1ccc(Cl)cc12)NC(=O)c1ccc2c(c1)S(=O)CC(=O)N2. The molecule has 0 aliphatic carbocycles. The van der Waals surface area contributed by atoms with Crippen molar-refractivity contribution in [1.82, 2.24) is 10.2 Å². The normalized spacial score (nSPS) is 22.6. The summed E-state index contributed by atoms with van der Waals surface area (Å²) in [6.45, 7) is 0.940. The van der Waals surface area contributed by atoms with Gasteiger partial charge in [-0.2, -0.15) is 0 Å². The monoisotopic (exact) mass is 606 g/mol. The standard InChI is InChI=1S/C30H27ClN4O6S/c31-21-7-9-23-22(13-21)30(41-28(39)33-23)10-11-35(17-30)16-29(18-36,14-19-4-2-1-3-5-19)34-27(38)20-6-8-24-25(12-20)42(40)15-26(37)32-24/h1-9,12-13,18H,10-11,14-17H2,(H,32,37)(H,33,39)(H,34,38). The van der Waals surface area contributed by atoms with Crippen LogP contribution in [0.1, 0.15) is 27.9 Å². The van der Waals surface area contributed by atoms with Gasteiger partial charge in [-0.1, -0.05) is 41.9 Å². The van der Waals surface area contributed by atoms with Gasteiger partial charge in [0, 0.05) is 48.6 Å². The summed E-state index contributed by atoms with van der Waals surface area (Å²) in [4.78, 5) is 53.1. The van der Waals surface area contributed by atoms with Crippen molar-refractivity contribution in [3.63, 3.8) is 0 Å². The third-order valence-electron chi connectivity index (χ3n) is 7.79. The first-order valence-corrected chi connectivity index (χ1v) is 15.0. The lowest BCUT2D eigenvalue weighted by molar-refractivity contribution is -0.114. The van der Waals surface area contributed by atoms with Crippen LogP contribution in [0, 0.1) is 0 Å². The second kappa shape index (κ2) is 11.0. The Morgan fingerprint density at radius 2 is 1.88 bits per heavy atom. The molecule has 0 bridgehead atoms. The van der Waals surface area contributed by atoms with Crippen LogP contribution in [-0.4, -0.2) is 64.2 Å². The highest BCUT2D eigenvalue weighted by Gasteiger charge is 2.49. The number of benzene rings is 3. The highest BCUT2D eigenvalue weighted by atomic mass is 35.5. The maximum atomic E-state index is 13.6. The highest BCUT2D eigenvalue weighted by molar-refractivity contribution is 7.86. The Labute approximate surface area is 249 Å². The van der Waals surface area contributed by atoms with Crippen molar-refractivity contribution in [2.45, 2.75) is 28.9 Å². The number of nitrogens with one attached hydrogen (secondary N) is 3. The predicted octanol–water partition coefficient (Wildman–Crippen LogP) is 3.47. The van der Waals surface area contributed by atoms with Crippen LogP contribution in [0.4, 0.5) is 16.2 Å². The summed E-state index contributed by atoms with van der Waals surface area (Å²) in [6, 6.07) is 19.1. The molecule has 12 heteroatoms. The molecular weight excluding hydrogens is 580 g/mol. The molecule has 0 aromatic heterocycles. The molecule has 0 radical (unpaired) electrons. The smallest absolute Gasteiger partial charge is 0.412 e. The summed E-state index contributed by atoms with van der Waals surface area (Å²) in [7, 11) is -1.59. The van der Waals surface area contributed by atoms with Crippen LogP contribution < -0.4 is 16.0 Å². The Bertz CT molecular complexity index is 1640. The summed E-state index contributed by atoms with van der Waals surface area (Å²) < 4.78 is 18.4. The van der Waals surface area contributed by atoms with Gasteiger partial charge in [0.05, 0.1) is 27.1 Å². The van der Waals surface area contributed by atoms with Crippen molar-refractivity contribution < 1.29 is 28.1 Å². The number of carbonyl (C=O) groups is 4. The first-order valence-electron chi connectivity index (χ1n) is 13.4. The second-order valence-corrected chi connectivity index (χ2v) is 12.7. The fraction of sp³-hybridized carbons (Fsp3) is 0.267. The van der Waals surface area contributed by atoms with Gasteiger partial charge in [0.15, 0.2) is 5.60 Å². The number of likely N-dealkylation sites (tertiary alicyclic amines) is 1. The van der Waals surface area contributed by atoms with E-state index in [0.29, 0.717) is 40.8 Å². The van der Waals surface area contributed by atoms with Crippen molar-refractivity contribution >= 4 is 58.0 Å². The number of amides is 3. The fourth-order valence-electron chi connectivity index (χ4n) is 5.91. The van der Waals surface area contributed by atoms with Crippen molar-refractivity contribution in [3.8, 4) is 0 Å². The van der Waals surface area contributed by atoms with Gasteiger partial charge in [-0.15, -0.1) is 0 Å². The lowest BCUT2D eigenvalue weighted by atomic mass is 9.89. The first-order chi connectivity index (χ1) is 20.2. The molecule has 3 amide bonds. The van der Waals surface area contributed by atoms with Crippen LogP contribution in [0.5, 0.6) is 0 Å². The molecule has 10 nitrogen and oxygen atoms in total. The highest BCUT2D eigenvalue weighted by Crippen LogP contribution is 2.44. The number of aldehydes is 1. The Kier molecular flexibility index (Phi) is 7.34. The molecule has 3 aromatic carbocycles. The van der Waals surface area contributed by atoms with Crippen molar-refractivity contribution in [2.24, 2.45) is 0 Å². The number of ether oxygens (including phenoxy) is 1. The molecule has 1 spiro atoms. The van der Waals surface area contributed by atoms with Crippen LogP contribution in [0.25, 0.3) is 0 Å². The molecule has 1 fully saturated rings. The lowest BCUT2D eigenvalue weighted by Gasteiger charge is -2.37. The van der Waals surface area contributed by atoms with Gasteiger partial charge < -0.3 is 20.2 Å². The minimum absolute atomic E-state index is 0.146. The number of carbonyl (C=O) groups excluding carboxylic acids is 4. The van der Waals surface area contributed by atoms with E-state index in [2.05, 4.69) is 16.0 Å². The number of hydrogen-bond donors (Lipinski definition) is 3. The van der Waals surface area contributed by atoms with Crippen LogP contribution in [-0.2, 0) is 37.1 Å². The second-order valence-electron chi connectivity index (χ2n) is 10.8. The Balaban J connectivity index is 1.29. The van der Waals surface area contributed by atoms with Gasteiger partial charge in [-0.05, 0) is 42.0 Å². The number of hydrogen-bond acceptors (Lipinski definition) is 7. The van der Waals surface area contributed by atoms with Gasteiger partial charge >= 0.3 is 6.09 Å². The van der Waals surface area contributed by atoms with E-state index in [1.54, 1.807) is 18.2 Å². The maximum Gasteiger partial charge on any atom is 0.412 e. The number of anilines is 2. The van der Waals surface area contributed by atoms with E-state index in [-0.39, 0.29) is 30.2 Å². The Morgan fingerprint density at radius 1 is 1.10 bits per heavy atom.